The fourth-order valence-electron chi connectivity index (χ4n) is 2.44. The smallest absolute Gasteiger partial charge is 0.341 e. The lowest BCUT2D eigenvalue weighted by atomic mass is 10.1. The predicted octanol–water partition coefficient (Wildman–Crippen LogP) is 3.52. The minimum absolute atomic E-state index is 0.233. The Balaban J connectivity index is 2.59. The number of pyridine rings is 1. The van der Waals surface area contributed by atoms with Crippen molar-refractivity contribution in [2.24, 2.45) is 0 Å². The zero-order valence-electron chi connectivity index (χ0n) is 12.3. The van der Waals surface area contributed by atoms with Crippen LogP contribution in [0.25, 0.3) is 16.6 Å². The highest BCUT2D eigenvalue weighted by Gasteiger charge is 2.25. The van der Waals surface area contributed by atoms with E-state index in [1.54, 1.807) is 0 Å². The SMILES string of the molecule is O=C(O)c1cn(-c2ccc(F)c(F)c2F)c2c(F)c(F)c(F)cc2c1=O. The van der Waals surface area contributed by atoms with E-state index in [9.17, 15) is 35.9 Å². The van der Waals surface area contributed by atoms with Gasteiger partial charge in [-0.25, -0.2) is 31.1 Å². The summed E-state index contributed by atoms with van der Waals surface area (Å²) in [4.78, 5) is 23.3. The quantitative estimate of drug-likeness (QED) is 0.552. The molecule has 2 aromatic carbocycles. The van der Waals surface area contributed by atoms with Gasteiger partial charge in [0.1, 0.15) is 5.56 Å². The Morgan fingerprint density at radius 3 is 2.12 bits per heavy atom. The molecule has 0 radical (unpaired) electrons. The summed E-state index contributed by atoms with van der Waals surface area (Å²) in [5, 5.41) is 8.13. The van der Waals surface area contributed by atoms with Crippen LogP contribution in [0.1, 0.15) is 10.4 Å². The van der Waals surface area contributed by atoms with E-state index in [0.29, 0.717) is 22.9 Å². The summed E-state index contributed by atoms with van der Waals surface area (Å²) in [5.41, 5.74) is -4.37. The van der Waals surface area contributed by atoms with Gasteiger partial charge in [0.25, 0.3) is 0 Å². The standard InChI is InChI=1S/C16H5F6NO3/c17-7-1-2-9(12(21)10(7)19)23-4-6(16(25)26)15(24)5-3-8(18)11(20)13(22)14(5)23/h1-4H,(H,25,26). The molecule has 0 atom stereocenters. The topological polar surface area (TPSA) is 59.3 Å². The van der Waals surface area contributed by atoms with Crippen LogP contribution < -0.4 is 5.43 Å². The average molecular weight is 373 g/mol. The summed E-state index contributed by atoms with van der Waals surface area (Å²) in [6.07, 6.45) is 0.406. The number of nitrogens with zero attached hydrogens (tertiary/aromatic N) is 1. The number of rotatable bonds is 2. The Morgan fingerprint density at radius 2 is 1.50 bits per heavy atom. The maximum Gasteiger partial charge on any atom is 0.341 e. The zero-order chi connectivity index (χ0) is 19.3. The molecule has 134 valence electrons. The minimum Gasteiger partial charge on any atom is -0.477 e. The van der Waals surface area contributed by atoms with Gasteiger partial charge in [-0.15, -0.1) is 0 Å². The van der Waals surface area contributed by atoms with Gasteiger partial charge in [0, 0.05) is 6.20 Å². The summed E-state index contributed by atoms with van der Waals surface area (Å²) in [5.74, 6) is -13.0. The van der Waals surface area contributed by atoms with E-state index >= 15 is 0 Å². The molecule has 3 rings (SSSR count). The van der Waals surface area contributed by atoms with Crippen molar-refractivity contribution in [1.82, 2.24) is 4.57 Å². The van der Waals surface area contributed by atoms with Crippen molar-refractivity contribution in [1.29, 1.82) is 0 Å². The van der Waals surface area contributed by atoms with E-state index in [0.717, 1.165) is 0 Å². The molecule has 0 aliphatic carbocycles. The number of carboxylic acid groups (broad SMARTS) is 1. The molecule has 10 heteroatoms. The number of hydrogen-bond acceptors (Lipinski definition) is 2. The molecule has 0 unspecified atom stereocenters. The molecule has 0 amide bonds. The lowest BCUT2D eigenvalue weighted by molar-refractivity contribution is 0.0695. The normalized spacial score (nSPS) is 11.2. The maximum atomic E-state index is 14.2. The minimum atomic E-state index is -2.02. The third kappa shape index (κ3) is 2.41. The van der Waals surface area contributed by atoms with Crippen molar-refractivity contribution in [3.05, 3.63) is 75.1 Å². The average Bonchev–Trinajstić information content (AvgIpc) is 2.59. The van der Waals surface area contributed by atoms with Gasteiger partial charge in [0.05, 0.1) is 16.6 Å². The van der Waals surface area contributed by atoms with E-state index in [-0.39, 0.29) is 6.07 Å². The highest BCUT2D eigenvalue weighted by atomic mass is 19.2. The molecule has 0 aliphatic rings. The van der Waals surface area contributed by atoms with E-state index in [2.05, 4.69) is 0 Å². The van der Waals surface area contributed by atoms with Gasteiger partial charge in [0.2, 0.25) is 5.43 Å². The van der Waals surface area contributed by atoms with Crippen molar-refractivity contribution >= 4 is 16.9 Å². The fourth-order valence-corrected chi connectivity index (χ4v) is 2.44. The molecule has 0 bridgehead atoms. The van der Waals surface area contributed by atoms with Crippen LogP contribution in [0, 0.1) is 34.9 Å². The first kappa shape index (κ1) is 17.5. The largest absolute Gasteiger partial charge is 0.477 e. The van der Waals surface area contributed by atoms with Crippen LogP contribution in [-0.4, -0.2) is 15.6 Å². The van der Waals surface area contributed by atoms with Gasteiger partial charge in [-0.1, -0.05) is 0 Å². The maximum absolute atomic E-state index is 14.2. The Labute approximate surface area is 139 Å². The molecular weight excluding hydrogens is 368 g/mol. The molecule has 0 fully saturated rings. The van der Waals surface area contributed by atoms with Gasteiger partial charge < -0.3 is 9.67 Å². The van der Waals surface area contributed by atoms with Gasteiger partial charge in [-0.05, 0) is 18.2 Å². The Bertz CT molecular complexity index is 1160. The number of carboxylic acids is 1. The third-order valence-electron chi connectivity index (χ3n) is 3.63. The van der Waals surface area contributed by atoms with E-state index in [1.165, 1.54) is 0 Å². The second-order valence-corrected chi connectivity index (χ2v) is 5.12. The van der Waals surface area contributed by atoms with Gasteiger partial charge in [-0.2, -0.15) is 0 Å². The first-order valence-corrected chi connectivity index (χ1v) is 6.75. The molecule has 26 heavy (non-hydrogen) atoms. The summed E-state index contributed by atoms with van der Waals surface area (Å²) >= 11 is 0. The molecule has 0 saturated heterocycles. The van der Waals surface area contributed by atoms with Crippen molar-refractivity contribution < 1.29 is 36.2 Å². The molecule has 1 aromatic heterocycles. The summed E-state index contributed by atoms with van der Waals surface area (Å²) in [6.45, 7) is 0. The molecule has 4 nitrogen and oxygen atoms in total. The van der Waals surface area contributed by atoms with Crippen molar-refractivity contribution in [3.8, 4) is 5.69 Å². The van der Waals surface area contributed by atoms with Crippen molar-refractivity contribution in [2.75, 3.05) is 0 Å². The highest BCUT2D eigenvalue weighted by molar-refractivity contribution is 5.93. The number of halogens is 6. The highest BCUT2D eigenvalue weighted by Crippen LogP contribution is 2.27. The predicted molar refractivity (Wildman–Crippen MR) is 76.3 cm³/mol. The van der Waals surface area contributed by atoms with Crippen molar-refractivity contribution in [2.45, 2.75) is 0 Å². The molecule has 0 aliphatic heterocycles. The molecule has 0 spiro atoms. The van der Waals surface area contributed by atoms with E-state index < -0.39 is 68.5 Å². The monoisotopic (exact) mass is 373 g/mol. The third-order valence-corrected chi connectivity index (χ3v) is 3.63. The number of aromatic nitrogens is 1. The lowest BCUT2D eigenvalue weighted by Crippen LogP contribution is -2.20. The fraction of sp³-hybridized carbons (Fsp3) is 0. The molecule has 0 saturated carbocycles. The van der Waals surface area contributed by atoms with Gasteiger partial charge in [-0.3, -0.25) is 4.79 Å². The Kier molecular flexibility index (Phi) is 3.98. The van der Waals surface area contributed by atoms with Crippen LogP contribution in [0.15, 0.2) is 29.2 Å². The first-order valence-electron chi connectivity index (χ1n) is 6.75. The second-order valence-electron chi connectivity index (χ2n) is 5.12. The van der Waals surface area contributed by atoms with E-state index in [4.69, 9.17) is 5.11 Å². The lowest BCUT2D eigenvalue weighted by Gasteiger charge is -2.15. The number of hydrogen-bond donors (Lipinski definition) is 1. The zero-order valence-corrected chi connectivity index (χ0v) is 12.3. The van der Waals surface area contributed by atoms with Crippen molar-refractivity contribution in [3.63, 3.8) is 0 Å². The van der Waals surface area contributed by atoms with Crippen LogP contribution in [0.2, 0.25) is 0 Å². The van der Waals surface area contributed by atoms with Crippen LogP contribution >= 0.6 is 0 Å². The summed E-state index contributed by atoms with van der Waals surface area (Å²) in [6, 6.07) is 1.30. The Hall–Kier alpha value is -3.30. The Morgan fingerprint density at radius 1 is 0.885 bits per heavy atom. The van der Waals surface area contributed by atoms with Gasteiger partial charge in [0.15, 0.2) is 34.9 Å². The van der Waals surface area contributed by atoms with Crippen LogP contribution in [0.4, 0.5) is 26.3 Å². The molecule has 1 heterocycles. The number of aromatic carboxylic acids is 1. The number of fused-ring (bicyclic) bond motifs is 1. The van der Waals surface area contributed by atoms with Gasteiger partial charge >= 0.3 is 5.97 Å². The molecular formula is C16H5F6NO3. The molecule has 1 N–H and O–H groups in total. The van der Waals surface area contributed by atoms with Crippen LogP contribution in [0.5, 0.6) is 0 Å². The molecule has 3 aromatic rings. The first-order chi connectivity index (χ1) is 12.1. The number of benzene rings is 2. The van der Waals surface area contributed by atoms with Crippen LogP contribution in [-0.2, 0) is 0 Å². The van der Waals surface area contributed by atoms with Crippen LogP contribution in [0.3, 0.4) is 0 Å². The second kappa shape index (κ2) is 5.90. The summed E-state index contributed by atoms with van der Waals surface area (Å²) < 4.78 is 82.2. The van der Waals surface area contributed by atoms with E-state index in [1.807, 2.05) is 0 Å². The number of carbonyl (C=O) groups is 1. The summed E-state index contributed by atoms with van der Waals surface area (Å²) in [7, 11) is 0.